The van der Waals surface area contributed by atoms with Crippen molar-refractivity contribution >= 4 is 11.0 Å². The van der Waals surface area contributed by atoms with Gasteiger partial charge < -0.3 is 0 Å². The fourth-order valence-electron chi connectivity index (χ4n) is 3.34. The predicted molar refractivity (Wildman–Crippen MR) is 88.9 cm³/mol. The van der Waals surface area contributed by atoms with Crippen molar-refractivity contribution in [2.24, 2.45) is 0 Å². The Hall–Kier alpha value is -2.24. The van der Waals surface area contributed by atoms with Crippen LogP contribution in [0.4, 0.5) is 0 Å². The molecule has 23 heavy (non-hydrogen) atoms. The Morgan fingerprint density at radius 3 is 2.78 bits per heavy atom. The molecule has 0 aliphatic carbocycles. The van der Waals surface area contributed by atoms with Crippen molar-refractivity contribution < 1.29 is 4.63 Å². The molecule has 1 fully saturated rings. The van der Waals surface area contributed by atoms with Crippen LogP contribution in [0, 0.1) is 0 Å². The van der Waals surface area contributed by atoms with Crippen molar-refractivity contribution in [3.63, 3.8) is 0 Å². The van der Waals surface area contributed by atoms with Gasteiger partial charge in [0.25, 0.3) is 0 Å². The molecule has 1 saturated heterocycles. The second kappa shape index (κ2) is 6.10. The fraction of sp³-hybridized carbons (Fsp3) is 0.333. The predicted octanol–water partition coefficient (Wildman–Crippen LogP) is 2.71. The summed E-state index contributed by atoms with van der Waals surface area (Å²) in [4.78, 5) is 4.92. The van der Waals surface area contributed by atoms with Gasteiger partial charge >= 0.3 is 0 Å². The monoisotopic (exact) mass is 308 g/mol. The van der Waals surface area contributed by atoms with Gasteiger partial charge in [0.2, 0.25) is 0 Å². The molecule has 0 radical (unpaired) electrons. The van der Waals surface area contributed by atoms with Gasteiger partial charge in [0.1, 0.15) is 11.0 Å². The molecule has 3 aromatic rings. The number of hydrogen-bond acceptors (Lipinski definition) is 5. The summed E-state index contributed by atoms with van der Waals surface area (Å²) in [5.74, 6) is 0. The van der Waals surface area contributed by atoms with Crippen molar-refractivity contribution in [2.75, 3.05) is 26.7 Å². The van der Waals surface area contributed by atoms with Crippen molar-refractivity contribution in [1.29, 1.82) is 0 Å². The minimum atomic E-state index is 0.430. The third-order valence-electron chi connectivity index (χ3n) is 4.68. The highest BCUT2D eigenvalue weighted by molar-refractivity contribution is 5.76. The Bertz CT molecular complexity index is 786. The molecule has 5 nitrogen and oxygen atoms in total. The molecule has 0 N–H and O–H groups in total. The second-order valence-electron chi connectivity index (χ2n) is 6.19. The van der Waals surface area contributed by atoms with E-state index in [1.165, 1.54) is 11.1 Å². The number of rotatable bonds is 3. The van der Waals surface area contributed by atoms with Crippen LogP contribution in [0.15, 0.2) is 53.2 Å². The average Bonchev–Trinajstić information content (AvgIpc) is 3.07. The zero-order chi connectivity index (χ0) is 15.6. The van der Waals surface area contributed by atoms with Gasteiger partial charge in [-0.25, -0.2) is 4.63 Å². The summed E-state index contributed by atoms with van der Waals surface area (Å²) in [6.45, 7) is 4.01. The number of piperazine rings is 1. The highest BCUT2D eigenvalue weighted by atomic mass is 16.6. The number of hydrogen-bond donors (Lipinski definition) is 0. The number of fused-ring (bicyclic) bond motifs is 1. The van der Waals surface area contributed by atoms with Crippen LogP contribution < -0.4 is 0 Å². The molecule has 1 aliphatic rings. The molecule has 1 unspecified atom stereocenters. The minimum absolute atomic E-state index is 0.430. The average molecular weight is 308 g/mol. The van der Waals surface area contributed by atoms with Crippen LogP contribution in [-0.4, -0.2) is 46.8 Å². The van der Waals surface area contributed by atoms with Gasteiger partial charge in [-0.1, -0.05) is 42.5 Å². The van der Waals surface area contributed by atoms with E-state index < -0.39 is 0 Å². The van der Waals surface area contributed by atoms with Gasteiger partial charge in [-0.3, -0.25) is 9.80 Å². The third-order valence-corrected chi connectivity index (χ3v) is 4.68. The zero-order valence-electron chi connectivity index (χ0n) is 13.2. The molecule has 2 heterocycles. The number of likely N-dealkylation sites (N-methyl/N-ethyl adjacent to an activating group) is 1. The van der Waals surface area contributed by atoms with Crippen molar-refractivity contribution in [1.82, 2.24) is 20.1 Å². The number of nitrogens with zero attached hydrogens (tertiary/aromatic N) is 4. The normalized spacial score (nSPS) is 20.1. The molecular formula is C18H20N4O. The fourth-order valence-corrected chi connectivity index (χ4v) is 3.34. The smallest absolute Gasteiger partial charge is 0.139 e. The lowest BCUT2D eigenvalue weighted by molar-refractivity contribution is 0.0907. The van der Waals surface area contributed by atoms with Crippen molar-refractivity contribution in [3.05, 3.63) is 59.7 Å². The van der Waals surface area contributed by atoms with Crippen LogP contribution in [0.1, 0.15) is 17.2 Å². The van der Waals surface area contributed by atoms with E-state index in [2.05, 4.69) is 63.6 Å². The maximum Gasteiger partial charge on any atom is 0.139 e. The van der Waals surface area contributed by atoms with Crippen molar-refractivity contribution in [3.8, 4) is 0 Å². The Balaban J connectivity index is 1.55. The first-order valence-corrected chi connectivity index (χ1v) is 7.99. The van der Waals surface area contributed by atoms with Gasteiger partial charge in [0.15, 0.2) is 0 Å². The summed E-state index contributed by atoms with van der Waals surface area (Å²) in [6.07, 6.45) is 0. The first-order chi connectivity index (χ1) is 11.3. The zero-order valence-corrected chi connectivity index (χ0v) is 13.2. The Morgan fingerprint density at radius 1 is 1.04 bits per heavy atom. The molecule has 1 atom stereocenters. The molecule has 1 aliphatic heterocycles. The van der Waals surface area contributed by atoms with Crippen molar-refractivity contribution in [2.45, 2.75) is 12.6 Å². The SMILES string of the molecule is CN1CCN(Cc2cccc3nonc23)CC1c1ccccc1. The van der Waals surface area contributed by atoms with Crippen LogP contribution in [-0.2, 0) is 6.54 Å². The summed E-state index contributed by atoms with van der Waals surface area (Å²) in [7, 11) is 2.21. The lowest BCUT2D eigenvalue weighted by Crippen LogP contribution is -2.46. The van der Waals surface area contributed by atoms with Gasteiger partial charge in [0, 0.05) is 32.2 Å². The number of aromatic nitrogens is 2. The molecule has 0 bridgehead atoms. The molecule has 2 aromatic carbocycles. The molecule has 0 spiro atoms. The van der Waals surface area contributed by atoms with Gasteiger partial charge in [-0.05, 0) is 34.6 Å². The van der Waals surface area contributed by atoms with Crippen LogP contribution in [0.3, 0.4) is 0 Å². The molecule has 0 amide bonds. The molecule has 1 aromatic heterocycles. The summed E-state index contributed by atoms with van der Waals surface area (Å²) in [5.41, 5.74) is 4.26. The summed E-state index contributed by atoms with van der Waals surface area (Å²) in [5, 5.41) is 7.99. The van der Waals surface area contributed by atoms with Crippen LogP contribution in [0.25, 0.3) is 11.0 Å². The Labute approximate surface area is 135 Å². The topological polar surface area (TPSA) is 45.4 Å². The van der Waals surface area contributed by atoms with Gasteiger partial charge in [0.05, 0.1) is 0 Å². The first kappa shape index (κ1) is 14.4. The van der Waals surface area contributed by atoms with E-state index in [1.54, 1.807) is 0 Å². The lowest BCUT2D eigenvalue weighted by Gasteiger charge is -2.39. The minimum Gasteiger partial charge on any atom is -0.297 e. The Morgan fingerprint density at radius 2 is 1.91 bits per heavy atom. The van der Waals surface area contributed by atoms with Crippen LogP contribution in [0.2, 0.25) is 0 Å². The Kier molecular flexibility index (Phi) is 3.81. The van der Waals surface area contributed by atoms with E-state index >= 15 is 0 Å². The highest BCUT2D eigenvalue weighted by Crippen LogP contribution is 2.25. The van der Waals surface area contributed by atoms with Crippen LogP contribution in [0.5, 0.6) is 0 Å². The van der Waals surface area contributed by atoms with E-state index in [0.717, 1.165) is 37.2 Å². The molecule has 5 heteroatoms. The largest absolute Gasteiger partial charge is 0.297 e. The highest BCUT2D eigenvalue weighted by Gasteiger charge is 2.26. The van der Waals surface area contributed by atoms with E-state index in [1.807, 2.05) is 12.1 Å². The maximum absolute atomic E-state index is 4.88. The standard InChI is InChI=1S/C18H20N4O/c1-21-10-11-22(13-17(21)14-6-3-2-4-7-14)12-15-8-5-9-16-18(15)20-23-19-16/h2-9,17H,10-13H2,1H3. The third kappa shape index (κ3) is 2.85. The van der Waals surface area contributed by atoms with Gasteiger partial charge in [-0.2, -0.15) is 0 Å². The summed E-state index contributed by atoms with van der Waals surface area (Å²) in [6, 6.07) is 17.2. The molecule has 118 valence electrons. The molecule has 4 rings (SSSR count). The van der Waals surface area contributed by atoms with Gasteiger partial charge in [-0.15, -0.1) is 0 Å². The first-order valence-electron chi connectivity index (χ1n) is 7.99. The van der Waals surface area contributed by atoms with E-state index in [-0.39, 0.29) is 0 Å². The molecular weight excluding hydrogens is 288 g/mol. The van der Waals surface area contributed by atoms with E-state index in [4.69, 9.17) is 4.63 Å². The summed E-state index contributed by atoms with van der Waals surface area (Å²) >= 11 is 0. The van der Waals surface area contributed by atoms with E-state index in [0.29, 0.717) is 6.04 Å². The summed E-state index contributed by atoms with van der Waals surface area (Å²) < 4.78 is 4.88. The molecule has 0 saturated carbocycles. The van der Waals surface area contributed by atoms with E-state index in [9.17, 15) is 0 Å². The second-order valence-corrected chi connectivity index (χ2v) is 6.19. The lowest BCUT2D eigenvalue weighted by atomic mass is 10.0. The maximum atomic E-state index is 4.88. The quantitative estimate of drug-likeness (QED) is 0.744. The van der Waals surface area contributed by atoms with Crippen LogP contribution >= 0.6 is 0 Å². The number of benzene rings is 2.